The van der Waals surface area contributed by atoms with Gasteiger partial charge in [0.15, 0.2) is 0 Å². The van der Waals surface area contributed by atoms with Gasteiger partial charge >= 0.3 is 11.9 Å². The number of nitrogens with zero attached hydrogens (tertiary/aromatic N) is 1. The Hall–Kier alpha value is -3.91. The molecule has 2 aromatic heterocycles. The average Bonchev–Trinajstić information content (AvgIpc) is 3.27. The van der Waals surface area contributed by atoms with Crippen molar-refractivity contribution < 1.29 is 24.2 Å². The number of carbonyl (C=O) groups excluding carboxylic acids is 2. The molecule has 7 nitrogen and oxygen atoms in total. The summed E-state index contributed by atoms with van der Waals surface area (Å²) in [6, 6.07) is 12.6. The van der Waals surface area contributed by atoms with E-state index in [1.807, 2.05) is 30.3 Å². The Balaban J connectivity index is 1.78. The number of fused-ring (bicyclic) bond motifs is 2. The summed E-state index contributed by atoms with van der Waals surface area (Å²) in [7, 11) is 1.32. The number of esters is 2. The summed E-state index contributed by atoms with van der Waals surface area (Å²) in [6.07, 6.45) is 3.21. The van der Waals surface area contributed by atoms with Gasteiger partial charge in [-0.2, -0.15) is 0 Å². The number of phenolic OH excluding ortho intramolecular Hbond substituents is 1. The van der Waals surface area contributed by atoms with E-state index in [1.165, 1.54) is 18.4 Å². The van der Waals surface area contributed by atoms with Crippen molar-refractivity contribution in [1.29, 1.82) is 0 Å². The van der Waals surface area contributed by atoms with E-state index in [-0.39, 0.29) is 17.9 Å². The van der Waals surface area contributed by atoms with E-state index in [1.54, 1.807) is 36.7 Å². The molecule has 8 heteroatoms. The van der Waals surface area contributed by atoms with Gasteiger partial charge in [0, 0.05) is 17.0 Å². The van der Waals surface area contributed by atoms with E-state index >= 15 is 0 Å². The van der Waals surface area contributed by atoms with Crippen LogP contribution in [0.3, 0.4) is 0 Å². The SMILES string of the molecule is CCOC(=O)c1cc2c(O)c3ccccc3cc2nc1/C=C/Nc1ccsc1C(=O)OC. The van der Waals surface area contributed by atoms with E-state index in [4.69, 9.17) is 9.47 Å². The number of carbonyl (C=O) groups is 2. The third-order valence-electron chi connectivity index (χ3n) is 4.86. The molecule has 0 aliphatic rings. The number of pyridine rings is 1. The Bertz CT molecular complexity index is 1360. The van der Waals surface area contributed by atoms with Gasteiger partial charge in [-0.3, -0.25) is 0 Å². The predicted octanol–water partition coefficient (Wildman–Crippen LogP) is 5.20. The molecule has 2 aromatic carbocycles. The number of nitrogens with one attached hydrogen (secondary N) is 1. The van der Waals surface area contributed by atoms with Gasteiger partial charge in [-0.1, -0.05) is 24.3 Å². The smallest absolute Gasteiger partial charge is 0.350 e. The van der Waals surface area contributed by atoms with Gasteiger partial charge in [0.05, 0.1) is 36.2 Å². The van der Waals surface area contributed by atoms with Crippen molar-refractivity contribution in [3.05, 3.63) is 70.2 Å². The number of aromatic nitrogens is 1. The summed E-state index contributed by atoms with van der Waals surface area (Å²) in [5.74, 6) is -0.917. The lowest BCUT2D eigenvalue weighted by molar-refractivity contribution is 0.0525. The van der Waals surface area contributed by atoms with Gasteiger partial charge in [-0.05, 0) is 42.0 Å². The summed E-state index contributed by atoms with van der Waals surface area (Å²) in [4.78, 5) is 29.5. The zero-order chi connectivity index (χ0) is 22.7. The molecule has 0 aliphatic carbocycles. The maximum absolute atomic E-state index is 12.6. The lowest BCUT2D eigenvalue weighted by atomic mass is 10.0. The predicted molar refractivity (Wildman–Crippen MR) is 125 cm³/mol. The molecule has 0 amide bonds. The quantitative estimate of drug-likeness (QED) is 0.309. The van der Waals surface area contributed by atoms with Crippen molar-refractivity contribution in [3.63, 3.8) is 0 Å². The van der Waals surface area contributed by atoms with Gasteiger partial charge in [0.25, 0.3) is 0 Å². The zero-order valence-corrected chi connectivity index (χ0v) is 18.2. The first-order valence-corrected chi connectivity index (χ1v) is 10.7. The molecule has 0 saturated carbocycles. The summed E-state index contributed by atoms with van der Waals surface area (Å²) < 4.78 is 9.97. The Morgan fingerprint density at radius 2 is 1.97 bits per heavy atom. The van der Waals surface area contributed by atoms with Crippen LogP contribution >= 0.6 is 11.3 Å². The maximum atomic E-state index is 12.6. The normalized spacial score (nSPS) is 11.2. The number of anilines is 1. The summed E-state index contributed by atoms with van der Waals surface area (Å²) in [5, 5.41) is 17.6. The second kappa shape index (κ2) is 9.07. The van der Waals surface area contributed by atoms with Crippen molar-refractivity contribution >= 4 is 56.7 Å². The van der Waals surface area contributed by atoms with Crippen LogP contribution in [0.5, 0.6) is 5.75 Å². The summed E-state index contributed by atoms with van der Waals surface area (Å²) >= 11 is 1.26. The van der Waals surface area contributed by atoms with Gasteiger partial charge in [0.2, 0.25) is 0 Å². The number of phenols is 1. The van der Waals surface area contributed by atoms with Crippen LogP contribution in [0.2, 0.25) is 0 Å². The Kier molecular flexibility index (Phi) is 6.04. The van der Waals surface area contributed by atoms with E-state index in [2.05, 4.69) is 10.3 Å². The number of benzene rings is 2. The molecule has 2 heterocycles. The average molecular weight is 449 g/mol. The maximum Gasteiger partial charge on any atom is 0.350 e. The molecule has 0 radical (unpaired) electrons. The van der Waals surface area contributed by atoms with E-state index in [0.29, 0.717) is 32.5 Å². The first-order chi connectivity index (χ1) is 15.5. The Morgan fingerprint density at radius 1 is 1.16 bits per heavy atom. The van der Waals surface area contributed by atoms with Crippen molar-refractivity contribution in [3.8, 4) is 5.75 Å². The lowest BCUT2D eigenvalue weighted by Gasteiger charge is -2.11. The molecule has 2 N–H and O–H groups in total. The summed E-state index contributed by atoms with van der Waals surface area (Å²) in [6.45, 7) is 1.93. The van der Waals surface area contributed by atoms with Crippen LogP contribution < -0.4 is 5.32 Å². The van der Waals surface area contributed by atoms with Crippen LogP contribution in [0.25, 0.3) is 27.8 Å². The highest BCUT2D eigenvalue weighted by Gasteiger charge is 2.17. The van der Waals surface area contributed by atoms with Crippen LogP contribution in [0.15, 0.2) is 54.0 Å². The van der Waals surface area contributed by atoms with E-state index in [9.17, 15) is 14.7 Å². The monoisotopic (exact) mass is 448 g/mol. The number of rotatable bonds is 6. The third-order valence-corrected chi connectivity index (χ3v) is 5.75. The second-order valence-electron chi connectivity index (χ2n) is 6.79. The highest BCUT2D eigenvalue weighted by Crippen LogP contribution is 2.34. The fraction of sp³-hybridized carbons (Fsp3) is 0.125. The van der Waals surface area contributed by atoms with Crippen LogP contribution in [0.4, 0.5) is 5.69 Å². The largest absolute Gasteiger partial charge is 0.507 e. The molecule has 0 spiro atoms. The number of thiophene rings is 1. The molecule has 4 aromatic rings. The van der Waals surface area contributed by atoms with Gasteiger partial charge < -0.3 is 19.9 Å². The van der Waals surface area contributed by atoms with Gasteiger partial charge in [-0.15, -0.1) is 11.3 Å². The topological polar surface area (TPSA) is 97.8 Å². The van der Waals surface area contributed by atoms with Crippen LogP contribution in [0.1, 0.15) is 32.6 Å². The first-order valence-electron chi connectivity index (χ1n) is 9.85. The van der Waals surface area contributed by atoms with Crippen molar-refractivity contribution in [2.75, 3.05) is 19.0 Å². The minimum atomic E-state index is -0.542. The minimum Gasteiger partial charge on any atom is -0.507 e. The van der Waals surface area contributed by atoms with E-state index in [0.717, 1.165) is 5.39 Å². The molecule has 0 aliphatic heterocycles. The number of methoxy groups -OCH3 is 1. The summed E-state index contributed by atoms with van der Waals surface area (Å²) in [5.41, 5.74) is 1.72. The number of hydrogen-bond donors (Lipinski definition) is 2. The molecule has 4 rings (SSSR count). The van der Waals surface area contributed by atoms with Gasteiger partial charge in [0.1, 0.15) is 10.6 Å². The molecular weight excluding hydrogens is 428 g/mol. The zero-order valence-electron chi connectivity index (χ0n) is 17.4. The molecule has 0 atom stereocenters. The molecule has 162 valence electrons. The Morgan fingerprint density at radius 3 is 2.75 bits per heavy atom. The molecule has 0 bridgehead atoms. The fourth-order valence-corrected chi connectivity index (χ4v) is 4.13. The standard InChI is InChI=1S/C24H20N2O5S/c1-3-31-23(28)17-13-16-20(12-14-6-4-5-7-15(14)21(16)27)26-18(17)8-10-25-19-9-11-32-22(19)24(29)30-2/h4-13,25,27H,3H2,1-2H3/b10-8+. The lowest BCUT2D eigenvalue weighted by Crippen LogP contribution is -2.08. The molecular formula is C24H20N2O5S. The highest BCUT2D eigenvalue weighted by atomic mass is 32.1. The van der Waals surface area contributed by atoms with E-state index < -0.39 is 11.9 Å². The molecule has 0 fully saturated rings. The Labute approximate surface area is 187 Å². The highest BCUT2D eigenvalue weighted by molar-refractivity contribution is 7.12. The van der Waals surface area contributed by atoms with Crippen LogP contribution in [-0.4, -0.2) is 35.7 Å². The van der Waals surface area contributed by atoms with Crippen molar-refractivity contribution in [1.82, 2.24) is 4.98 Å². The van der Waals surface area contributed by atoms with Gasteiger partial charge in [-0.25, -0.2) is 14.6 Å². The molecule has 32 heavy (non-hydrogen) atoms. The van der Waals surface area contributed by atoms with Crippen LogP contribution in [-0.2, 0) is 9.47 Å². The second-order valence-corrected chi connectivity index (χ2v) is 7.70. The number of hydrogen-bond acceptors (Lipinski definition) is 8. The molecule has 0 saturated heterocycles. The van der Waals surface area contributed by atoms with Crippen molar-refractivity contribution in [2.45, 2.75) is 6.92 Å². The third kappa shape index (κ3) is 4.00. The fourth-order valence-electron chi connectivity index (χ4n) is 3.36. The van der Waals surface area contributed by atoms with Crippen LogP contribution in [0, 0.1) is 0 Å². The van der Waals surface area contributed by atoms with Crippen molar-refractivity contribution in [2.24, 2.45) is 0 Å². The first kappa shape index (κ1) is 21.3. The number of ether oxygens (including phenoxy) is 2. The minimum absolute atomic E-state index is 0.0609. The number of aromatic hydroxyl groups is 1. The molecule has 0 unspecified atom stereocenters.